The van der Waals surface area contributed by atoms with Crippen LogP contribution >= 0.6 is 0 Å². The van der Waals surface area contributed by atoms with Gasteiger partial charge < -0.3 is 14.9 Å². The van der Waals surface area contributed by atoms with Gasteiger partial charge in [-0.05, 0) is 54.8 Å². The third-order valence-electron chi connectivity index (χ3n) is 3.89. The molecule has 0 unspecified atom stereocenters. The number of carboxylic acid groups (broad SMARTS) is 1. The normalized spacial score (nSPS) is 11.0. The number of sulfone groups is 1. The Morgan fingerprint density at radius 1 is 1.19 bits per heavy atom. The Labute approximate surface area is 157 Å². The molecule has 8 heteroatoms. The molecule has 7 nitrogen and oxygen atoms in total. The smallest absolute Gasteiger partial charge is 0.341 e. The molecule has 2 aromatic carbocycles. The van der Waals surface area contributed by atoms with Crippen LogP contribution in [0.2, 0.25) is 0 Å². The molecule has 0 saturated carbocycles. The van der Waals surface area contributed by atoms with Crippen LogP contribution in [0.25, 0.3) is 11.1 Å². The van der Waals surface area contributed by atoms with Crippen LogP contribution in [0.15, 0.2) is 41.3 Å². The molecular formula is C19H19NO6S. The average Bonchev–Trinajstić information content (AvgIpc) is 2.64. The summed E-state index contributed by atoms with van der Waals surface area (Å²) in [6.45, 7) is 0.987. The summed E-state index contributed by atoms with van der Waals surface area (Å²) in [5.74, 6) is -1.10. The number of ether oxygens (including phenoxy) is 1. The van der Waals surface area contributed by atoms with Crippen molar-refractivity contribution in [1.29, 1.82) is 5.26 Å². The minimum absolute atomic E-state index is 0.0862. The molecule has 0 aliphatic rings. The second-order valence-corrected chi connectivity index (χ2v) is 7.99. The largest absolute Gasteiger partial charge is 0.481 e. The van der Waals surface area contributed by atoms with Crippen molar-refractivity contribution in [2.24, 2.45) is 0 Å². The molecule has 0 saturated heterocycles. The number of carbonyl (C=O) groups is 1. The van der Waals surface area contributed by atoms with E-state index in [-0.39, 0.29) is 29.4 Å². The molecule has 0 aliphatic heterocycles. The number of hydrogen-bond donors (Lipinski definition) is 2. The quantitative estimate of drug-likeness (QED) is 0.709. The minimum atomic E-state index is -3.58. The van der Waals surface area contributed by atoms with Gasteiger partial charge in [-0.3, -0.25) is 0 Å². The van der Waals surface area contributed by atoms with Crippen LogP contribution in [0, 0.1) is 18.3 Å². The Bertz CT molecular complexity index is 992. The van der Waals surface area contributed by atoms with Crippen molar-refractivity contribution in [2.75, 3.05) is 19.0 Å². The van der Waals surface area contributed by atoms with Gasteiger partial charge >= 0.3 is 5.97 Å². The highest BCUT2D eigenvalue weighted by Gasteiger charge is 2.18. The molecule has 2 aromatic rings. The molecule has 0 aliphatic carbocycles. The van der Waals surface area contributed by atoms with E-state index in [0.717, 1.165) is 5.56 Å². The fourth-order valence-electron chi connectivity index (χ4n) is 2.53. The van der Waals surface area contributed by atoms with E-state index in [2.05, 4.69) is 0 Å². The summed E-state index contributed by atoms with van der Waals surface area (Å²) in [6, 6.07) is 11.1. The zero-order chi connectivity index (χ0) is 20.0. The molecule has 0 fully saturated rings. The summed E-state index contributed by atoms with van der Waals surface area (Å²) in [6.07, 6.45) is 0.127. The van der Waals surface area contributed by atoms with Gasteiger partial charge in [0.15, 0.2) is 16.4 Å². The Hall–Kier alpha value is -2.89. The molecule has 2 rings (SSSR count). The number of nitriles is 1. The number of hydrogen-bond acceptors (Lipinski definition) is 6. The van der Waals surface area contributed by atoms with Crippen LogP contribution in [0.5, 0.6) is 5.75 Å². The number of aliphatic hydroxyl groups is 1. The highest BCUT2D eigenvalue weighted by Crippen LogP contribution is 2.35. The van der Waals surface area contributed by atoms with Gasteiger partial charge in [0.25, 0.3) is 0 Å². The summed E-state index contributed by atoms with van der Waals surface area (Å²) < 4.78 is 30.2. The number of benzene rings is 2. The molecule has 0 aromatic heterocycles. The first-order valence-electron chi connectivity index (χ1n) is 8.12. The van der Waals surface area contributed by atoms with Crippen LogP contribution in [-0.4, -0.2) is 43.6 Å². The molecule has 0 spiro atoms. The first-order chi connectivity index (χ1) is 12.8. The Kier molecular flexibility index (Phi) is 6.55. The van der Waals surface area contributed by atoms with Crippen molar-refractivity contribution in [1.82, 2.24) is 0 Å². The first kappa shape index (κ1) is 20.4. The van der Waals surface area contributed by atoms with Crippen LogP contribution in [-0.2, 0) is 14.6 Å². The van der Waals surface area contributed by atoms with E-state index in [1.165, 1.54) is 30.3 Å². The van der Waals surface area contributed by atoms with Crippen molar-refractivity contribution >= 4 is 15.8 Å². The van der Waals surface area contributed by atoms with Crippen molar-refractivity contribution in [3.05, 3.63) is 47.5 Å². The predicted molar refractivity (Wildman–Crippen MR) is 98.2 cm³/mol. The van der Waals surface area contributed by atoms with Crippen LogP contribution in [0.1, 0.15) is 17.5 Å². The fourth-order valence-corrected chi connectivity index (χ4v) is 3.85. The van der Waals surface area contributed by atoms with E-state index in [1.807, 2.05) is 6.07 Å². The van der Waals surface area contributed by atoms with Crippen LogP contribution in [0.4, 0.5) is 0 Å². The molecular weight excluding hydrogens is 370 g/mol. The third kappa shape index (κ3) is 5.06. The summed E-state index contributed by atoms with van der Waals surface area (Å²) in [5.41, 5.74) is 2.04. The van der Waals surface area contributed by atoms with Gasteiger partial charge in [-0.25, -0.2) is 13.2 Å². The lowest BCUT2D eigenvalue weighted by Crippen LogP contribution is -2.10. The predicted octanol–water partition coefficient (Wildman–Crippen LogP) is 2.15. The van der Waals surface area contributed by atoms with E-state index in [0.29, 0.717) is 16.7 Å². The molecule has 2 N–H and O–H groups in total. The summed E-state index contributed by atoms with van der Waals surface area (Å²) in [7, 11) is -3.58. The van der Waals surface area contributed by atoms with Crippen molar-refractivity contribution in [3.63, 3.8) is 0 Å². The number of aliphatic carboxylic acids is 1. The molecule has 0 heterocycles. The topological polar surface area (TPSA) is 125 Å². The summed E-state index contributed by atoms with van der Waals surface area (Å²) in [4.78, 5) is 10.9. The maximum atomic E-state index is 12.4. The fraction of sp³-hybridized carbons (Fsp3) is 0.263. The molecule has 27 heavy (non-hydrogen) atoms. The van der Waals surface area contributed by atoms with Crippen molar-refractivity contribution in [2.45, 2.75) is 18.2 Å². The Morgan fingerprint density at radius 3 is 2.56 bits per heavy atom. The molecule has 142 valence electrons. The second-order valence-electron chi connectivity index (χ2n) is 5.88. The average molecular weight is 389 g/mol. The monoisotopic (exact) mass is 389 g/mol. The minimum Gasteiger partial charge on any atom is -0.481 e. The molecule has 0 amide bonds. The lowest BCUT2D eigenvalue weighted by Gasteiger charge is -2.14. The van der Waals surface area contributed by atoms with Crippen molar-refractivity contribution < 1.29 is 28.2 Å². The maximum absolute atomic E-state index is 12.4. The number of nitrogens with zero attached hydrogens (tertiary/aromatic N) is 1. The lowest BCUT2D eigenvalue weighted by atomic mass is 9.98. The number of carboxylic acids is 1. The van der Waals surface area contributed by atoms with E-state index >= 15 is 0 Å². The molecule has 0 atom stereocenters. The van der Waals surface area contributed by atoms with Crippen LogP contribution < -0.4 is 4.74 Å². The zero-order valence-electron chi connectivity index (χ0n) is 14.7. The standard InChI is InChI=1S/C19H19NO6S/c1-13-3-5-15(27(24,25)8-2-7-21)10-16(13)17-9-14(11-20)4-6-18(17)26-12-19(22)23/h3-6,9-10,21H,2,7-8,12H2,1H3,(H,22,23). The number of aliphatic hydroxyl groups excluding tert-OH is 1. The Morgan fingerprint density at radius 2 is 1.93 bits per heavy atom. The zero-order valence-corrected chi connectivity index (χ0v) is 15.5. The van der Waals surface area contributed by atoms with Crippen LogP contribution in [0.3, 0.4) is 0 Å². The third-order valence-corrected chi connectivity index (χ3v) is 5.69. The highest BCUT2D eigenvalue weighted by atomic mass is 32.2. The maximum Gasteiger partial charge on any atom is 0.341 e. The summed E-state index contributed by atoms with van der Waals surface area (Å²) in [5, 5.41) is 26.9. The van der Waals surface area contributed by atoms with Gasteiger partial charge in [0.1, 0.15) is 5.75 Å². The highest BCUT2D eigenvalue weighted by molar-refractivity contribution is 7.91. The van der Waals surface area contributed by atoms with E-state index in [9.17, 15) is 13.2 Å². The Balaban J connectivity index is 2.58. The SMILES string of the molecule is Cc1ccc(S(=O)(=O)CCCO)cc1-c1cc(C#N)ccc1OCC(=O)O. The van der Waals surface area contributed by atoms with Gasteiger partial charge in [0.05, 0.1) is 22.3 Å². The van der Waals surface area contributed by atoms with Gasteiger partial charge in [0.2, 0.25) is 0 Å². The number of aryl methyl sites for hydroxylation is 1. The van der Waals surface area contributed by atoms with E-state index < -0.39 is 22.4 Å². The van der Waals surface area contributed by atoms with Gasteiger partial charge in [0, 0.05) is 12.2 Å². The first-order valence-corrected chi connectivity index (χ1v) is 9.77. The molecule has 0 radical (unpaired) electrons. The lowest BCUT2D eigenvalue weighted by molar-refractivity contribution is -0.139. The van der Waals surface area contributed by atoms with Gasteiger partial charge in [-0.2, -0.15) is 5.26 Å². The summed E-state index contributed by atoms with van der Waals surface area (Å²) >= 11 is 0. The van der Waals surface area contributed by atoms with E-state index in [1.54, 1.807) is 13.0 Å². The van der Waals surface area contributed by atoms with Gasteiger partial charge in [-0.1, -0.05) is 6.07 Å². The number of rotatable bonds is 8. The second kappa shape index (κ2) is 8.66. The van der Waals surface area contributed by atoms with Crippen molar-refractivity contribution in [3.8, 4) is 22.9 Å². The molecule has 0 bridgehead atoms. The van der Waals surface area contributed by atoms with E-state index in [4.69, 9.17) is 20.2 Å². The van der Waals surface area contributed by atoms with Gasteiger partial charge in [-0.15, -0.1) is 0 Å².